The van der Waals surface area contributed by atoms with Crippen LogP contribution in [0, 0.1) is 5.82 Å². The summed E-state index contributed by atoms with van der Waals surface area (Å²) in [4.78, 5) is 24.5. The molecular formula is C13H14FNO4. The summed E-state index contributed by atoms with van der Waals surface area (Å²) in [5, 5.41) is 18.2. The van der Waals surface area contributed by atoms with Gasteiger partial charge in [0.2, 0.25) is 0 Å². The van der Waals surface area contributed by atoms with Crippen LogP contribution in [0.15, 0.2) is 18.2 Å². The summed E-state index contributed by atoms with van der Waals surface area (Å²) in [6.45, 7) is 0.302. The summed E-state index contributed by atoms with van der Waals surface area (Å²) in [7, 11) is 0. The highest BCUT2D eigenvalue weighted by Crippen LogP contribution is 2.22. The van der Waals surface area contributed by atoms with Crippen LogP contribution in [-0.4, -0.2) is 39.6 Å². The third-order valence-corrected chi connectivity index (χ3v) is 3.23. The second kappa shape index (κ2) is 5.26. The number of carboxylic acids is 1. The van der Waals surface area contributed by atoms with E-state index < -0.39 is 23.7 Å². The van der Waals surface area contributed by atoms with Crippen molar-refractivity contribution in [3.63, 3.8) is 0 Å². The fourth-order valence-electron chi connectivity index (χ4n) is 2.26. The van der Waals surface area contributed by atoms with E-state index in [2.05, 4.69) is 0 Å². The van der Waals surface area contributed by atoms with Gasteiger partial charge in [-0.2, -0.15) is 0 Å². The molecule has 2 rings (SSSR count). The Bertz CT molecular complexity index is 517. The van der Waals surface area contributed by atoms with Gasteiger partial charge in [0.25, 0.3) is 5.91 Å². The Balaban J connectivity index is 2.28. The number of rotatable bonds is 2. The summed E-state index contributed by atoms with van der Waals surface area (Å²) in [5.74, 6) is -2.85. The molecule has 102 valence electrons. The third-order valence-electron chi connectivity index (χ3n) is 3.23. The molecule has 6 heteroatoms. The number of amides is 1. The van der Waals surface area contributed by atoms with Gasteiger partial charge in [0.05, 0.1) is 5.56 Å². The smallest absolute Gasteiger partial charge is 0.326 e. The molecule has 1 fully saturated rings. The second-order valence-corrected chi connectivity index (χ2v) is 4.51. The molecule has 1 amide bonds. The van der Waals surface area contributed by atoms with Crippen molar-refractivity contribution < 1.29 is 24.2 Å². The molecule has 1 saturated heterocycles. The Morgan fingerprint density at radius 1 is 1.32 bits per heavy atom. The van der Waals surface area contributed by atoms with E-state index in [1.54, 1.807) is 0 Å². The summed E-state index contributed by atoms with van der Waals surface area (Å²) >= 11 is 0. The minimum Gasteiger partial charge on any atom is -0.508 e. The number of carbonyl (C=O) groups is 2. The predicted octanol–water partition coefficient (Wildman–Crippen LogP) is 1.61. The van der Waals surface area contributed by atoms with E-state index in [1.165, 1.54) is 17.0 Å². The Labute approximate surface area is 109 Å². The first-order valence-electron chi connectivity index (χ1n) is 6.03. The van der Waals surface area contributed by atoms with Crippen LogP contribution in [0.4, 0.5) is 4.39 Å². The number of hydrogen-bond acceptors (Lipinski definition) is 3. The highest BCUT2D eigenvalue weighted by atomic mass is 19.1. The lowest BCUT2D eigenvalue weighted by Gasteiger charge is -2.33. The average molecular weight is 267 g/mol. The van der Waals surface area contributed by atoms with Gasteiger partial charge in [-0.3, -0.25) is 4.79 Å². The minimum absolute atomic E-state index is 0.217. The van der Waals surface area contributed by atoms with Gasteiger partial charge >= 0.3 is 5.97 Å². The molecule has 0 aromatic heterocycles. The van der Waals surface area contributed by atoms with Crippen molar-refractivity contribution in [1.82, 2.24) is 4.90 Å². The lowest BCUT2D eigenvalue weighted by Crippen LogP contribution is -2.48. The van der Waals surface area contributed by atoms with E-state index in [-0.39, 0.29) is 11.3 Å². The van der Waals surface area contributed by atoms with Crippen LogP contribution in [0.1, 0.15) is 29.6 Å². The number of phenols is 1. The van der Waals surface area contributed by atoms with E-state index in [0.29, 0.717) is 19.4 Å². The fourth-order valence-corrected chi connectivity index (χ4v) is 2.26. The highest BCUT2D eigenvalue weighted by Gasteiger charge is 2.33. The van der Waals surface area contributed by atoms with E-state index >= 15 is 0 Å². The monoisotopic (exact) mass is 267 g/mol. The van der Waals surface area contributed by atoms with Crippen LogP contribution in [0.2, 0.25) is 0 Å². The number of aromatic hydroxyl groups is 1. The van der Waals surface area contributed by atoms with Crippen molar-refractivity contribution in [2.24, 2.45) is 0 Å². The number of halogens is 1. The number of likely N-dealkylation sites (tertiary alicyclic amines) is 1. The Hall–Kier alpha value is -2.11. The third kappa shape index (κ3) is 2.67. The van der Waals surface area contributed by atoms with E-state index in [0.717, 1.165) is 12.5 Å². The molecule has 1 aromatic carbocycles. The van der Waals surface area contributed by atoms with E-state index in [4.69, 9.17) is 10.2 Å². The Morgan fingerprint density at radius 3 is 2.68 bits per heavy atom. The standard InChI is InChI=1S/C13H14FNO4/c14-10-7-8(16)4-5-9(10)12(17)15-6-2-1-3-11(15)13(18)19/h4-5,7,11,16H,1-3,6H2,(H,18,19)/t11-/m1/s1. The summed E-state index contributed by atoms with van der Waals surface area (Å²) < 4.78 is 13.6. The SMILES string of the molecule is O=C(O)[C@H]1CCCCN1C(=O)c1ccc(O)cc1F. The zero-order valence-electron chi connectivity index (χ0n) is 10.2. The van der Waals surface area contributed by atoms with Crippen LogP contribution in [0.5, 0.6) is 5.75 Å². The summed E-state index contributed by atoms with van der Waals surface area (Å²) in [6.07, 6.45) is 1.81. The number of aliphatic carboxylic acids is 1. The molecule has 5 nitrogen and oxygen atoms in total. The molecule has 0 unspecified atom stereocenters. The van der Waals surface area contributed by atoms with Crippen molar-refractivity contribution >= 4 is 11.9 Å². The largest absolute Gasteiger partial charge is 0.508 e. The lowest BCUT2D eigenvalue weighted by molar-refractivity contribution is -0.143. The number of hydrogen-bond donors (Lipinski definition) is 2. The molecule has 0 saturated carbocycles. The summed E-state index contributed by atoms with van der Waals surface area (Å²) in [5.41, 5.74) is -0.217. The van der Waals surface area contributed by atoms with Gasteiger partial charge in [-0.1, -0.05) is 0 Å². The first-order valence-corrected chi connectivity index (χ1v) is 6.03. The molecule has 19 heavy (non-hydrogen) atoms. The zero-order chi connectivity index (χ0) is 14.0. The topological polar surface area (TPSA) is 77.8 Å². The Kier molecular flexibility index (Phi) is 3.69. The van der Waals surface area contributed by atoms with Crippen molar-refractivity contribution in [1.29, 1.82) is 0 Å². The van der Waals surface area contributed by atoms with Crippen molar-refractivity contribution in [3.05, 3.63) is 29.6 Å². The minimum atomic E-state index is -1.08. The quantitative estimate of drug-likeness (QED) is 0.853. The van der Waals surface area contributed by atoms with Crippen molar-refractivity contribution in [2.45, 2.75) is 25.3 Å². The maximum atomic E-state index is 13.6. The zero-order valence-corrected chi connectivity index (χ0v) is 10.2. The summed E-state index contributed by atoms with van der Waals surface area (Å²) in [6, 6.07) is 2.30. The molecular weight excluding hydrogens is 253 g/mol. The molecule has 0 radical (unpaired) electrons. The maximum Gasteiger partial charge on any atom is 0.326 e. The molecule has 1 aromatic rings. The Morgan fingerprint density at radius 2 is 2.05 bits per heavy atom. The number of piperidine rings is 1. The van der Waals surface area contributed by atoms with Gasteiger partial charge in [-0.25, -0.2) is 9.18 Å². The molecule has 1 aliphatic heterocycles. The fraction of sp³-hybridized carbons (Fsp3) is 0.385. The van der Waals surface area contributed by atoms with Crippen molar-refractivity contribution in [3.8, 4) is 5.75 Å². The van der Waals surface area contributed by atoms with Gasteiger partial charge in [0, 0.05) is 12.6 Å². The molecule has 2 N–H and O–H groups in total. The molecule has 1 aliphatic rings. The van der Waals surface area contributed by atoms with Crippen LogP contribution < -0.4 is 0 Å². The number of phenolic OH excluding ortho intramolecular Hbond substituents is 1. The number of carboxylic acid groups (broad SMARTS) is 1. The van der Waals surface area contributed by atoms with E-state index in [9.17, 15) is 14.0 Å². The van der Waals surface area contributed by atoms with Crippen LogP contribution in [0.3, 0.4) is 0 Å². The van der Waals surface area contributed by atoms with Crippen LogP contribution >= 0.6 is 0 Å². The molecule has 1 heterocycles. The van der Waals surface area contributed by atoms with Gasteiger partial charge in [0.15, 0.2) is 0 Å². The van der Waals surface area contributed by atoms with Gasteiger partial charge in [-0.15, -0.1) is 0 Å². The van der Waals surface area contributed by atoms with Crippen LogP contribution in [-0.2, 0) is 4.79 Å². The van der Waals surface area contributed by atoms with Gasteiger partial charge < -0.3 is 15.1 Å². The number of carbonyl (C=O) groups excluding carboxylic acids is 1. The first kappa shape index (κ1) is 13.3. The van der Waals surface area contributed by atoms with Gasteiger partial charge in [-0.05, 0) is 31.4 Å². The first-order chi connectivity index (χ1) is 9.00. The molecule has 0 aliphatic carbocycles. The van der Waals surface area contributed by atoms with Gasteiger partial charge in [0.1, 0.15) is 17.6 Å². The highest BCUT2D eigenvalue weighted by molar-refractivity contribution is 5.97. The van der Waals surface area contributed by atoms with E-state index in [1.807, 2.05) is 0 Å². The number of benzene rings is 1. The molecule has 0 bridgehead atoms. The molecule has 0 spiro atoms. The van der Waals surface area contributed by atoms with Crippen molar-refractivity contribution in [2.75, 3.05) is 6.54 Å². The maximum absolute atomic E-state index is 13.6. The predicted molar refractivity (Wildman–Crippen MR) is 64.4 cm³/mol. The molecule has 1 atom stereocenters. The second-order valence-electron chi connectivity index (χ2n) is 4.51. The number of nitrogens with zero attached hydrogens (tertiary/aromatic N) is 1. The average Bonchev–Trinajstić information content (AvgIpc) is 2.38. The normalized spacial score (nSPS) is 19.2. The van der Waals surface area contributed by atoms with Crippen LogP contribution in [0.25, 0.3) is 0 Å². The lowest BCUT2D eigenvalue weighted by atomic mass is 10.0.